The zero-order valence-corrected chi connectivity index (χ0v) is 17.7. The van der Waals surface area contributed by atoms with Crippen molar-refractivity contribution in [3.63, 3.8) is 0 Å². The molecule has 1 aliphatic heterocycles. The van der Waals surface area contributed by atoms with Gasteiger partial charge in [0, 0.05) is 30.6 Å². The van der Waals surface area contributed by atoms with E-state index in [-0.39, 0.29) is 5.91 Å². The third-order valence-corrected chi connectivity index (χ3v) is 6.52. The molecule has 0 atom stereocenters. The average Bonchev–Trinajstić information content (AvgIpc) is 3.42. The van der Waals surface area contributed by atoms with Crippen molar-refractivity contribution in [2.24, 2.45) is 0 Å². The van der Waals surface area contributed by atoms with Crippen LogP contribution >= 0.6 is 23.1 Å². The summed E-state index contributed by atoms with van der Waals surface area (Å²) in [6.07, 6.45) is 3.34. The van der Waals surface area contributed by atoms with E-state index < -0.39 is 0 Å². The SMILES string of the molecule is O=C(CCc1ccccc1)N1CCS/C1=C/c1csc(NCc2ccccc2)n1. The van der Waals surface area contributed by atoms with Gasteiger partial charge in [-0.3, -0.25) is 4.79 Å². The number of nitrogens with zero attached hydrogens (tertiary/aromatic N) is 2. The number of aryl methyl sites for hydroxylation is 1. The van der Waals surface area contributed by atoms with Crippen molar-refractivity contribution >= 4 is 40.2 Å². The minimum atomic E-state index is 0.183. The lowest BCUT2D eigenvalue weighted by Crippen LogP contribution is -2.26. The van der Waals surface area contributed by atoms with Crippen LogP contribution in [-0.4, -0.2) is 28.1 Å². The Morgan fingerprint density at radius 3 is 2.55 bits per heavy atom. The quantitative estimate of drug-likeness (QED) is 0.565. The highest BCUT2D eigenvalue weighted by Crippen LogP contribution is 2.31. The number of amides is 1. The van der Waals surface area contributed by atoms with E-state index in [0.717, 1.165) is 41.1 Å². The van der Waals surface area contributed by atoms with E-state index in [4.69, 9.17) is 0 Å². The molecule has 0 aliphatic carbocycles. The summed E-state index contributed by atoms with van der Waals surface area (Å²) in [4.78, 5) is 19.3. The molecule has 2 heterocycles. The van der Waals surface area contributed by atoms with Gasteiger partial charge >= 0.3 is 0 Å². The van der Waals surface area contributed by atoms with E-state index in [1.807, 2.05) is 52.8 Å². The van der Waals surface area contributed by atoms with E-state index >= 15 is 0 Å². The minimum absolute atomic E-state index is 0.183. The van der Waals surface area contributed by atoms with Crippen LogP contribution < -0.4 is 5.32 Å². The van der Waals surface area contributed by atoms with Crippen molar-refractivity contribution in [3.05, 3.63) is 87.9 Å². The normalized spacial score (nSPS) is 15.0. The van der Waals surface area contributed by atoms with E-state index in [9.17, 15) is 4.79 Å². The Labute approximate surface area is 179 Å². The summed E-state index contributed by atoms with van der Waals surface area (Å²) in [6.45, 7) is 1.52. The Kier molecular flexibility index (Phi) is 6.64. The van der Waals surface area contributed by atoms with Crippen LogP contribution in [0.3, 0.4) is 0 Å². The molecule has 0 unspecified atom stereocenters. The first-order valence-corrected chi connectivity index (χ1v) is 11.6. The van der Waals surface area contributed by atoms with Gasteiger partial charge in [0.25, 0.3) is 0 Å². The molecule has 4 rings (SSSR count). The lowest BCUT2D eigenvalue weighted by Gasteiger charge is -2.16. The highest BCUT2D eigenvalue weighted by Gasteiger charge is 2.24. The van der Waals surface area contributed by atoms with Crippen LogP contribution in [0.5, 0.6) is 0 Å². The van der Waals surface area contributed by atoms with Crippen molar-refractivity contribution < 1.29 is 4.79 Å². The van der Waals surface area contributed by atoms with E-state index in [0.29, 0.717) is 6.42 Å². The number of aromatic nitrogens is 1. The third kappa shape index (κ3) is 5.49. The molecule has 29 heavy (non-hydrogen) atoms. The van der Waals surface area contributed by atoms with Crippen molar-refractivity contribution in [1.82, 2.24) is 9.88 Å². The Hall–Kier alpha value is -2.57. The van der Waals surface area contributed by atoms with Crippen molar-refractivity contribution in [1.29, 1.82) is 0 Å². The lowest BCUT2D eigenvalue weighted by molar-refractivity contribution is -0.128. The van der Waals surface area contributed by atoms with Crippen LogP contribution in [0.25, 0.3) is 6.08 Å². The molecule has 0 saturated carbocycles. The van der Waals surface area contributed by atoms with E-state index in [1.54, 1.807) is 23.1 Å². The first-order valence-electron chi connectivity index (χ1n) is 9.70. The largest absolute Gasteiger partial charge is 0.357 e. The number of benzene rings is 2. The summed E-state index contributed by atoms with van der Waals surface area (Å²) in [6, 6.07) is 20.5. The highest BCUT2D eigenvalue weighted by atomic mass is 32.2. The fraction of sp³-hybridized carbons (Fsp3) is 0.217. The summed E-state index contributed by atoms with van der Waals surface area (Å²) in [5.74, 6) is 1.12. The Morgan fingerprint density at radius 1 is 1.07 bits per heavy atom. The van der Waals surface area contributed by atoms with Gasteiger partial charge in [-0.25, -0.2) is 4.98 Å². The molecule has 1 amide bonds. The molecule has 2 aromatic carbocycles. The zero-order chi connectivity index (χ0) is 19.9. The molecule has 0 spiro atoms. The van der Waals surface area contributed by atoms with Gasteiger partial charge in [0.1, 0.15) is 0 Å². The first kappa shape index (κ1) is 19.7. The average molecular weight is 422 g/mol. The smallest absolute Gasteiger partial charge is 0.227 e. The number of hydrogen-bond donors (Lipinski definition) is 1. The maximum atomic E-state index is 12.7. The molecule has 1 N–H and O–H groups in total. The van der Waals surface area contributed by atoms with Crippen LogP contribution in [0.4, 0.5) is 5.13 Å². The number of thioether (sulfide) groups is 1. The predicted molar refractivity (Wildman–Crippen MR) is 123 cm³/mol. The fourth-order valence-electron chi connectivity index (χ4n) is 3.16. The first-order chi connectivity index (χ1) is 14.3. The summed E-state index contributed by atoms with van der Waals surface area (Å²) in [7, 11) is 0. The van der Waals surface area contributed by atoms with E-state index in [2.05, 4.69) is 34.6 Å². The number of carbonyl (C=O) groups is 1. The van der Waals surface area contributed by atoms with E-state index in [1.165, 1.54) is 11.1 Å². The number of anilines is 1. The second-order valence-electron chi connectivity index (χ2n) is 6.78. The molecule has 148 valence electrons. The van der Waals surface area contributed by atoms with Gasteiger partial charge in [-0.1, -0.05) is 60.7 Å². The van der Waals surface area contributed by atoms with Gasteiger partial charge in [0.15, 0.2) is 5.13 Å². The van der Waals surface area contributed by atoms with Crippen molar-refractivity contribution in [2.75, 3.05) is 17.6 Å². The van der Waals surface area contributed by atoms with Crippen molar-refractivity contribution in [2.45, 2.75) is 19.4 Å². The van der Waals surface area contributed by atoms with Crippen LogP contribution in [-0.2, 0) is 17.8 Å². The maximum absolute atomic E-state index is 12.7. The lowest BCUT2D eigenvalue weighted by atomic mass is 10.1. The topological polar surface area (TPSA) is 45.2 Å². The number of thiazole rings is 1. The van der Waals surface area contributed by atoms with Crippen molar-refractivity contribution in [3.8, 4) is 0 Å². The Bertz CT molecular complexity index is 970. The Morgan fingerprint density at radius 2 is 1.79 bits per heavy atom. The highest BCUT2D eigenvalue weighted by molar-refractivity contribution is 8.03. The van der Waals surface area contributed by atoms with Crippen LogP contribution in [0.2, 0.25) is 0 Å². The van der Waals surface area contributed by atoms with Gasteiger partial charge in [-0.2, -0.15) is 0 Å². The minimum Gasteiger partial charge on any atom is -0.357 e. The number of nitrogens with one attached hydrogen (secondary N) is 1. The van der Waals surface area contributed by atoms with Gasteiger partial charge in [0.2, 0.25) is 5.91 Å². The van der Waals surface area contributed by atoms with Crippen LogP contribution in [0.1, 0.15) is 23.2 Å². The molecule has 0 bridgehead atoms. The predicted octanol–water partition coefficient (Wildman–Crippen LogP) is 5.26. The fourth-order valence-corrected chi connectivity index (χ4v) is 4.86. The molecular weight excluding hydrogens is 398 g/mol. The number of rotatable bonds is 7. The number of hydrogen-bond acceptors (Lipinski definition) is 5. The monoisotopic (exact) mass is 421 g/mol. The molecule has 1 saturated heterocycles. The summed E-state index contributed by atoms with van der Waals surface area (Å²) in [5.41, 5.74) is 3.33. The molecular formula is C23H23N3OS2. The molecule has 1 fully saturated rings. The summed E-state index contributed by atoms with van der Waals surface area (Å²) >= 11 is 3.32. The molecule has 1 aliphatic rings. The van der Waals surface area contributed by atoms with Gasteiger partial charge < -0.3 is 10.2 Å². The number of carbonyl (C=O) groups excluding carboxylic acids is 1. The summed E-state index contributed by atoms with van der Waals surface area (Å²) in [5, 5.41) is 7.30. The maximum Gasteiger partial charge on any atom is 0.227 e. The second-order valence-corrected chi connectivity index (χ2v) is 8.75. The zero-order valence-electron chi connectivity index (χ0n) is 16.1. The van der Waals surface area contributed by atoms with Gasteiger partial charge in [-0.15, -0.1) is 23.1 Å². The van der Waals surface area contributed by atoms with Gasteiger partial charge in [0.05, 0.1) is 10.7 Å². The van der Waals surface area contributed by atoms with Gasteiger partial charge in [-0.05, 0) is 23.6 Å². The van der Waals surface area contributed by atoms with Crippen LogP contribution in [0.15, 0.2) is 71.1 Å². The molecule has 0 radical (unpaired) electrons. The molecule has 3 aromatic rings. The second kappa shape index (κ2) is 9.76. The van der Waals surface area contributed by atoms with Crippen LogP contribution in [0, 0.1) is 0 Å². The third-order valence-electron chi connectivity index (χ3n) is 4.68. The molecule has 4 nitrogen and oxygen atoms in total. The summed E-state index contributed by atoms with van der Waals surface area (Å²) < 4.78 is 0. The molecule has 1 aromatic heterocycles. The molecule has 6 heteroatoms. The standard InChI is InChI=1S/C23H23N3OS2/c27-21(12-11-18-7-3-1-4-8-18)26-13-14-28-22(26)15-20-17-29-23(25-20)24-16-19-9-5-2-6-10-19/h1-10,15,17H,11-14,16H2,(H,24,25)/b22-15+. The Balaban J connectivity index is 1.35.